The molecule has 1 aliphatic rings. The lowest BCUT2D eigenvalue weighted by Crippen LogP contribution is -2.48. The van der Waals surface area contributed by atoms with Crippen molar-refractivity contribution in [3.05, 3.63) is 60.2 Å². The minimum absolute atomic E-state index is 0.191. The molecule has 4 heteroatoms. The molecule has 0 N–H and O–H groups in total. The summed E-state index contributed by atoms with van der Waals surface area (Å²) in [6.07, 6.45) is 0. The average Bonchev–Trinajstić information content (AvgIpc) is 2.63. The predicted octanol–water partition coefficient (Wildman–Crippen LogP) is 2.70. The molecule has 0 saturated carbocycles. The van der Waals surface area contributed by atoms with Crippen molar-refractivity contribution in [2.24, 2.45) is 0 Å². The molecule has 1 aliphatic heterocycles. The highest BCUT2D eigenvalue weighted by Gasteiger charge is 2.21. The normalized spacial score (nSPS) is 15.4. The number of benzene rings is 2. The van der Waals surface area contributed by atoms with Crippen LogP contribution in [0.15, 0.2) is 54.6 Å². The summed E-state index contributed by atoms with van der Waals surface area (Å²) in [5.74, 6) is 1.10. The molecule has 0 unspecified atom stereocenters. The number of anilines is 1. The maximum Gasteiger partial charge on any atom is 0.176 e. The Morgan fingerprint density at radius 2 is 1.61 bits per heavy atom. The van der Waals surface area contributed by atoms with Crippen LogP contribution < -0.4 is 9.64 Å². The van der Waals surface area contributed by atoms with Crippen LogP contribution in [0.1, 0.15) is 10.4 Å². The van der Waals surface area contributed by atoms with E-state index in [1.54, 1.807) is 7.11 Å². The molecule has 0 aliphatic carbocycles. The number of Topliss-reactive ketones (excluding diaryl/α,β-unsaturated/α-hetero) is 1. The zero-order chi connectivity index (χ0) is 16.1. The van der Waals surface area contributed by atoms with Gasteiger partial charge >= 0.3 is 0 Å². The van der Waals surface area contributed by atoms with Crippen LogP contribution in [0.5, 0.6) is 5.75 Å². The molecular weight excluding hydrogens is 288 g/mol. The molecule has 1 saturated heterocycles. The highest BCUT2D eigenvalue weighted by atomic mass is 16.5. The van der Waals surface area contributed by atoms with Gasteiger partial charge in [0.05, 0.1) is 19.3 Å². The van der Waals surface area contributed by atoms with Gasteiger partial charge in [-0.2, -0.15) is 0 Å². The van der Waals surface area contributed by atoms with Gasteiger partial charge in [-0.1, -0.05) is 42.5 Å². The second-order valence-electron chi connectivity index (χ2n) is 5.72. The van der Waals surface area contributed by atoms with Crippen molar-refractivity contribution in [1.29, 1.82) is 0 Å². The number of carbonyl (C=O) groups excluding carboxylic acids is 1. The van der Waals surface area contributed by atoms with Crippen molar-refractivity contribution in [3.8, 4) is 5.75 Å². The van der Waals surface area contributed by atoms with Crippen LogP contribution in [-0.4, -0.2) is 50.5 Å². The van der Waals surface area contributed by atoms with Gasteiger partial charge in [0.1, 0.15) is 5.75 Å². The van der Waals surface area contributed by atoms with E-state index in [9.17, 15) is 4.79 Å². The molecule has 0 amide bonds. The van der Waals surface area contributed by atoms with Crippen LogP contribution in [0.3, 0.4) is 0 Å². The van der Waals surface area contributed by atoms with E-state index in [-0.39, 0.29) is 5.78 Å². The van der Waals surface area contributed by atoms with Crippen LogP contribution in [0.4, 0.5) is 5.69 Å². The Morgan fingerprint density at radius 3 is 2.30 bits per heavy atom. The molecule has 1 fully saturated rings. The second kappa shape index (κ2) is 7.29. The Kier molecular flexibility index (Phi) is 4.93. The van der Waals surface area contributed by atoms with Crippen molar-refractivity contribution >= 4 is 11.5 Å². The Labute approximate surface area is 137 Å². The summed E-state index contributed by atoms with van der Waals surface area (Å²) in [4.78, 5) is 16.8. The lowest BCUT2D eigenvalue weighted by Gasteiger charge is -2.36. The number of ketones is 1. The monoisotopic (exact) mass is 310 g/mol. The Morgan fingerprint density at radius 1 is 0.957 bits per heavy atom. The van der Waals surface area contributed by atoms with Gasteiger partial charge in [0.25, 0.3) is 0 Å². The number of ether oxygens (including phenoxy) is 1. The van der Waals surface area contributed by atoms with Crippen molar-refractivity contribution in [2.45, 2.75) is 0 Å². The Hall–Kier alpha value is -2.33. The molecule has 0 atom stereocenters. The van der Waals surface area contributed by atoms with E-state index in [1.165, 1.54) is 0 Å². The van der Waals surface area contributed by atoms with Gasteiger partial charge < -0.3 is 9.64 Å². The van der Waals surface area contributed by atoms with Gasteiger partial charge in [0.15, 0.2) is 5.78 Å². The fraction of sp³-hybridized carbons (Fsp3) is 0.316. The maximum atomic E-state index is 12.3. The molecule has 120 valence electrons. The third kappa shape index (κ3) is 3.71. The molecule has 2 aromatic rings. The van der Waals surface area contributed by atoms with E-state index < -0.39 is 0 Å². The number of carbonyl (C=O) groups is 1. The molecule has 0 radical (unpaired) electrons. The zero-order valence-corrected chi connectivity index (χ0v) is 13.4. The van der Waals surface area contributed by atoms with Crippen LogP contribution in [-0.2, 0) is 0 Å². The van der Waals surface area contributed by atoms with Gasteiger partial charge in [-0.05, 0) is 12.1 Å². The lowest BCUT2D eigenvalue weighted by molar-refractivity contribution is 0.0926. The van der Waals surface area contributed by atoms with Crippen LogP contribution in [0.25, 0.3) is 0 Å². The van der Waals surface area contributed by atoms with E-state index in [0.717, 1.165) is 43.2 Å². The first-order chi connectivity index (χ1) is 11.3. The minimum atomic E-state index is 0.191. The molecule has 0 bridgehead atoms. The molecule has 2 aromatic carbocycles. The Bertz CT molecular complexity index is 649. The van der Waals surface area contributed by atoms with E-state index in [1.807, 2.05) is 48.5 Å². The van der Waals surface area contributed by atoms with Gasteiger partial charge in [-0.25, -0.2) is 0 Å². The third-order valence-electron chi connectivity index (χ3n) is 4.26. The molecular formula is C19H22N2O2. The Balaban J connectivity index is 1.57. The third-order valence-corrected chi connectivity index (χ3v) is 4.26. The van der Waals surface area contributed by atoms with E-state index >= 15 is 0 Å². The number of hydrogen-bond acceptors (Lipinski definition) is 4. The lowest BCUT2D eigenvalue weighted by atomic mass is 10.1. The quantitative estimate of drug-likeness (QED) is 0.795. The van der Waals surface area contributed by atoms with Crippen LogP contribution >= 0.6 is 0 Å². The van der Waals surface area contributed by atoms with Crippen molar-refractivity contribution < 1.29 is 9.53 Å². The first kappa shape index (κ1) is 15.6. The van der Waals surface area contributed by atoms with Gasteiger partial charge in [0.2, 0.25) is 0 Å². The summed E-state index contributed by atoms with van der Waals surface area (Å²) in [5, 5.41) is 0. The molecule has 1 heterocycles. The zero-order valence-electron chi connectivity index (χ0n) is 13.4. The van der Waals surface area contributed by atoms with Crippen molar-refractivity contribution in [3.63, 3.8) is 0 Å². The SMILES string of the molecule is COc1ccccc1N1CCN(CC(=O)c2ccccc2)CC1. The molecule has 0 aromatic heterocycles. The number of rotatable bonds is 5. The van der Waals surface area contributed by atoms with Gasteiger partial charge in [-0.15, -0.1) is 0 Å². The average molecular weight is 310 g/mol. The molecule has 3 rings (SSSR count). The highest BCUT2D eigenvalue weighted by Crippen LogP contribution is 2.28. The summed E-state index contributed by atoms with van der Waals surface area (Å²) in [7, 11) is 1.70. The van der Waals surface area contributed by atoms with E-state index in [2.05, 4.69) is 15.9 Å². The van der Waals surface area contributed by atoms with Gasteiger partial charge in [-0.3, -0.25) is 9.69 Å². The molecule has 23 heavy (non-hydrogen) atoms. The first-order valence-electron chi connectivity index (χ1n) is 7.96. The van der Waals surface area contributed by atoms with Crippen LogP contribution in [0, 0.1) is 0 Å². The second-order valence-corrected chi connectivity index (χ2v) is 5.72. The summed E-state index contributed by atoms with van der Waals surface area (Å²) < 4.78 is 5.44. The fourth-order valence-electron chi connectivity index (χ4n) is 2.96. The van der Waals surface area contributed by atoms with Crippen molar-refractivity contribution in [2.75, 3.05) is 44.7 Å². The van der Waals surface area contributed by atoms with Gasteiger partial charge in [0, 0.05) is 31.7 Å². The predicted molar refractivity (Wildman–Crippen MR) is 92.4 cm³/mol. The highest BCUT2D eigenvalue weighted by molar-refractivity contribution is 5.97. The molecule has 0 spiro atoms. The number of para-hydroxylation sites is 2. The standard InChI is InChI=1S/C19H22N2O2/c1-23-19-10-6-5-9-17(19)21-13-11-20(12-14-21)15-18(22)16-7-3-2-4-8-16/h2-10H,11-15H2,1H3. The number of piperazine rings is 1. The van der Waals surface area contributed by atoms with E-state index in [4.69, 9.17) is 4.74 Å². The first-order valence-corrected chi connectivity index (χ1v) is 7.96. The topological polar surface area (TPSA) is 32.8 Å². The number of hydrogen-bond donors (Lipinski definition) is 0. The molecule has 4 nitrogen and oxygen atoms in total. The maximum absolute atomic E-state index is 12.3. The number of methoxy groups -OCH3 is 1. The summed E-state index contributed by atoms with van der Waals surface area (Å²) in [6.45, 7) is 4.07. The fourth-order valence-corrected chi connectivity index (χ4v) is 2.96. The van der Waals surface area contributed by atoms with E-state index in [0.29, 0.717) is 6.54 Å². The largest absolute Gasteiger partial charge is 0.495 e. The smallest absolute Gasteiger partial charge is 0.176 e. The minimum Gasteiger partial charge on any atom is -0.495 e. The summed E-state index contributed by atoms with van der Waals surface area (Å²) in [6, 6.07) is 17.6. The van der Waals surface area contributed by atoms with Crippen LogP contribution in [0.2, 0.25) is 0 Å². The van der Waals surface area contributed by atoms with Crippen molar-refractivity contribution in [1.82, 2.24) is 4.90 Å². The number of nitrogens with zero attached hydrogens (tertiary/aromatic N) is 2. The summed E-state index contributed by atoms with van der Waals surface area (Å²) in [5.41, 5.74) is 1.92. The summed E-state index contributed by atoms with van der Waals surface area (Å²) >= 11 is 0.